The molecule has 0 nitrogen and oxygen atoms in total. The van der Waals surface area contributed by atoms with E-state index in [-0.39, 0.29) is 5.41 Å². The van der Waals surface area contributed by atoms with Gasteiger partial charge in [0.25, 0.3) is 0 Å². The third-order valence-electron chi connectivity index (χ3n) is 6.37. The average Bonchev–Trinajstić information content (AvgIpc) is 2.84. The number of rotatable bonds is 14. The molecule has 1 atom stereocenters. The normalized spacial score (nSPS) is 11.9. The summed E-state index contributed by atoms with van der Waals surface area (Å²) in [5.41, 5.74) is 4.12. The molecule has 0 aliphatic rings. The van der Waals surface area contributed by atoms with Gasteiger partial charge in [-0.15, -0.1) is 0 Å². The lowest BCUT2D eigenvalue weighted by Crippen LogP contribution is -2.29. The van der Waals surface area contributed by atoms with Gasteiger partial charge in [-0.2, -0.15) is 0 Å². The summed E-state index contributed by atoms with van der Waals surface area (Å²) in [5.74, 6) is 0. The molecule has 3 aromatic rings. The Morgan fingerprint density at radius 3 is 1.23 bits per heavy atom. The smallest absolute Gasteiger partial charge is 0.0451 e. The molecule has 0 spiro atoms. The molecule has 0 bridgehead atoms. The van der Waals surface area contributed by atoms with E-state index in [9.17, 15) is 0 Å². The number of unbranched alkanes of at least 4 members (excludes halogenated alkanes) is 7. The third kappa shape index (κ3) is 7.03. The van der Waals surface area contributed by atoms with Gasteiger partial charge in [-0.1, -0.05) is 159 Å². The fraction of sp³-hybridized carbons (Fsp3) is 0.379. The molecule has 0 aromatic heterocycles. The van der Waals surface area contributed by atoms with Gasteiger partial charge in [0.05, 0.1) is 0 Å². The van der Waals surface area contributed by atoms with E-state index in [0.29, 0.717) is 0 Å². The Morgan fingerprint density at radius 1 is 0.484 bits per heavy atom. The molecule has 1 unspecified atom stereocenters. The number of halogens is 1. The number of hydrogen-bond donors (Lipinski definition) is 0. The van der Waals surface area contributed by atoms with Crippen molar-refractivity contribution in [2.24, 2.45) is 0 Å². The Balaban J connectivity index is 1.70. The molecule has 0 saturated heterocycles. The van der Waals surface area contributed by atoms with Crippen LogP contribution < -0.4 is 0 Å². The Morgan fingerprint density at radius 2 is 0.839 bits per heavy atom. The first-order valence-electron chi connectivity index (χ1n) is 11.9. The fourth-order valence-electron chi connectivity index (χ4n) is 4.74. The van der Waals surface area contributed by atoms with Crippen LogP contribution in [0.5, 0.6) is 0 Å². The third-order valence-corrected chi connectivity index (χ3v) is 8.10. The Bertz CT molecular complexity index is 736. The van der Waals surface area contributed by atoms with Crippen LogP contribution in [-0.4, -0.2) is 6.16 Å². The molecule has 0 saturated carbocycles. The van der Waals surface area contributed by atoms with Crippen LogP contribution in [-0.2, 0) is 5.41 Å². The minimum Gasteiger partial charge on any atom is -0.0642 e. The van der Waals surface area contributed by atoms with Crippen molar-refractivity contribution in [3.63, 3.8) is 0 Å². The van der Waals surface area contributed by atoms with Gasteiger partial charge in [0.2, 0.25) is 0 Å². The fourth-order valence-corrected chi connectivity index (χ4v) is 5.97. The highest BCUT2D eigenvalue weighted by Crippen LogP contribution is 2.43. The molecule has 0 N–H and O–H groups in total. The molecule has 3 aromatic carbocycles. The van der Waals surface area contributed by atoms with E-state index in [0.717, 1.165) is 13.7 Å². The van der Waals surface area contributed by atoms with E-state index in [4.69, 9.17) is 0 Å². The van der Waals surface area contributed by atoms with Gasteiger partial charge in [0, 0.05) is 5.41 Å². The van der Waals surface area contributed by atoms with Crippen molar-refractivity contribution < 1.29 is 0 Å². The Hall–Kier alpha value is -1.43. The standard InChI is InChI=1S/C29H36BrP/c30-31-25-17-6-4-2-1-3-5-16-24-29(26-18-10-7-11-19-26,27-20-12-8-13-21-27)28-22-14-9-15-23-28/h7-15,18-23,31H,1-6,16-17,24-25H2. The van der Waals surface area contributed by atoms with Crippen LogP contribution in [0.1, 0.15) is 74.5 Å². The topological polar surface area (TPSA) is 0 Å². The van der Waals surface area contributed by atoms with E-state index in [1.54, 1.807) is 0 Å². The van der Waals surface area contributed by atoms with Crippen molar-refractivity contribution >= 4 is 22.8 Å². The van der Waals surface area contributed by atoms with Crippen molar-refractivity contribution in [2.75, 3.05) is 6.16 Å². The van der Waals surface area contributed by atoms with Crippen LogP contribution in [0.15, 0.2) is 91.0 Å². The second-order valence-corrected chi connectivity index (χ2v) is 10.9. The number of hydrogen-bond acceptors (Lipinski definition) is 0. The molecule has 2 heteroatoms. The highest BCUT2D eigenvalue weighted by molar-refractivity contribution is 9.36. The second-order valence-electron chi connectivity index (χ2n) is 8.47. The van der Waals surface area contributed by atoms with Gasteiger partial charge in [0.1, 0.15) is 0 Å². The first-order valence-corrected chi connectivity index (χ1v) is 15.3. The molecular weight excluding hydrogens is 459 g/mol. The van der Waals surface area contributed by atoms with Crippen LogP contribution in [0.4, 0.5) is 0 Å². The van der Waals surface area contributed by atoms with Crippen molar-refractivity contribution in [3.8, 4) is 0 Å². The quantitative estimate of drug-likeness (QED) is 0.119. The SMILES string of the molecule is BrPCCCCCCCCCCC(c1ccccc1)(c1ccccc1)c1ccccc1. The molecule has 31 heavy (non-hydrogen) atoms. The Labute approximate surface area is 199 Å². The first-order chi connectivity index (χ1) is 15.4. The molecular formula is C29H36BrP. The molecule has 0 radical (unpaired) electrons. The first kappa shape index (κ1) is 24.2. The summed E-state index contributed by atoms with van der Waals surface area (Å²) in [4.78, 5) is 0. The molecule has 0 heterocycles. The summed E-state index contributed by atoms with van der Waals surface area (Å²) in [6.07, 6.45) is 13.4. The average molecular weight is 495 g/mol. The maximum Gasteiger partial charge on any atom is 0.0451 e. The van der Waals surface area contributed by atoms with Crippen LogP contribution >= 0.6 is 22.8 Å². The summed E-state index contributed by atoms with van der Waals surface area (Å²) in [5, 5.41) is 0. The zero-order valence-corrected chi connectivity index (χ0v) is 21.2. The minimum atomic E-state index is -0.0831. The van der Waals surface area contributed by atoms with Crippen LogP contribution in [0.2, 0.25) is 0 Å². The van der Waals surface area contributed by atoms with Gasteiger partial charge >= 0.3 is 0 Å². The second kappa shape index (κ2) is 13.9. The van der Waals surface area contributed by atoms with Gasteiger partial charge in [-0.05, 0) is 35.7 Å². The summed E-state index contributed by atoms with van der Waals surface area (Å²) in [7, 11) is 0.940. The molecule has 0 fully saturated rings. The van der Waals surface area contributed by atoms with Crippen LogP contribution in [0, 0.1) is 0 Å². The predicted molar refractivity (Wildman–Crippen MR) is 143 cm³/mol. The highest BCUT2D eigenvalue weighted by Gasteiger charge is 2.35. The van der Waals surface area contributed by atoms with Gasteiger partial charge in [0.15, 0.2) is 0 Å². The summed E-state index contributed by atoms with van der Waals surface area (Å²) in [6, 6.07) is 33.4. The van der Waals surface area contributed by atoms with Crippen molar-refractivity contribution in [1.82, 2.24) is 0 Å². The van der Waals surface area contributed by atoms with Crippen molar-refractivity contribution in [3.05, 3.63) is 108 Å². The van der Waals surface area contributed by atoms with Gasteiger partial charge < -0.3 is 0 Å². The summed E-state index contributed by atoms with van der Waals surface area (Å²) >= 11 is 3.55. The molecule has 164 valence electrons. The zero-order valence-electron chi connectivity index (χ0n) is 18.6. The molecule has 0 amide bonds. The largest absolute Gasteiger partial charge is 0.0642 e. The van der Waals surface area contributed by atoms with E-state index in [1.165, 1.54) is 74.2 Å². The lowest BCUT2D eigenvalue weighted by Gasteiger charge is -2.36. The minimum absolute atomic E-state index is 0.0831. The van der Waals surface area contributed by atoms with E-state index >= 15 is 0 Å². The zero-order chi connectivity index (χ0) is 21.6. The maximum absolute atomic E-state index is 3.55. The predicted octanol–water partition coefficient (Wildman–Crippen LogP) is 9.52. The Kier molecular flexibility index (Phi) is 10.8. The van der Waals surface area contributed by atoms with E-state index in [2.05, 4.69) is 106 Å². The van der Waals surface area contributed by atoms with Gasteiger partial charge in [-0.3, -0.25) is 0 Å². The number of benzene rings is 3. The summed E-state index contributed by atoms with van der Waals surface area (Å²) in [6.45, 7) is 0. The molecule has 0 aliphatic carbocycles. The van der Waals surface area contributed by atoms with E-state index in [1.807, 2.05) is 0 Å². The highest BCUT2D eigenvalue weighted by atomic mass is 79.9. The van der Waals surface area contributed by atoms with E-state index < -0.39 is 0 Å². The lowest BCUT2D eigenvalue weighted by atomic mass is 9.66. The molecule has 0 aliphatic heterocycles. The van der Waals surface area contributed by atoms with Crippen molar-refractivity contribution in [2.45, 2.75) is 63.2 Å². The van der Waals surface area contributed by atoms with Crippen LogP contribution in [0.3, 0.4) is 0 Å². The molecule has 3 rings (SSSR count). The summed E-state index contributed by atoms with van der Waals surface area (Å²) < 4.78 is 0. The maximum atomic E-state index is 3.55. The van der Waals surface area contributed by atoms with Gasteiger partial charge in [-0.25, -0.2) is 0 Å². The van der Waals surface area contributed by atoms with Crippen LogP contribution in [0.25, 0.3) is 0 Å². The van der Waals surface area contributed by atoms with Crippen molar-refractivity contribution in [1.29, 1.82) is 0 Å². The lowest BCUT2D eigenvalue weighted by molar-refractivity contribution is 0.495. The monoisotopic (exact) mass is 494 g/mol.